The summed E-state index contributed by atoms with van der Waals surface area (Å²) in [4.78, 5) is 2.60. The van der Waals surface area contributed by atoms with E-state index in [0.717, 1.165) is 11.7 Å². The molecule has 1 aromatic heterocycles. The highest BCUT2D eigenvalue weighted by atomic mass is 16.3. The quantitative estimate of drug-likeness (QED) is 0.853. The van der Waals surface area contributed by atoms with Crippen LogP contribution in [0.1, 0.15) is 51.8 Å². The first-order chi connectivity index (χ1) is 9.20. The number of nitrogens with zero attached hydrogens (tertiary/aromatic N) is 1. The highest BCUT2D eigenvalue weighted by Gasteiger charge is 2.24. The van der Waals surface area contributed by atoms with Crippen LogP contribution in [0.3, 0.4) is 0 Å². The molecule has 1 saturated heterocycles. The zero-order valence-electron chi connectivity index (χ0n) is 12.6. The maximum Gasteiger partial charge on any atom is 0.120 e. The number of piperidine rings is 1. The summed E-state index contributed by atoms with van der Waals surface area (Å²) in [5.41, 5.74) is 0. The van der Waals surface area contributed by atoms with Gasteiger partial charge < -0.3 is 14.6 Å². The molecule has 1 aliphatic rings. The molecule has 0 amide bonds. The van der Waals surface area contributed by atoms with Gasteiger partial charge in [-0.25, -0.2) is 0 Å². The second kappa shape index (κ2) is 7.11. The van der Waals surface area contributed by atoms with Crippen LogP contribution in [0.25, 0.3) is 0 Å². The predicted octanol–water partition coefficient (Wildman–Crippen LogP) is 3.44. The zero-order valence-corrected chi connectivity index (χ0v) is 12.6. The molecule has 108 valence electrons. The lowest BCUT2D eigenvalue weighted by molar-refractivity contribution is 0.158. The first-order valence-corrected chi connectivity index (χ1v) is 7.72. The summed E-state index contributed by atoms with van der Waals surface area (Å²) in [5.74, 6) is 1.83. The number of nitrogens with one attached hydrogen (secondary N) is 1. The lowest BCUT2D eigenvalue weighted by Gasteiger charge is -2.35. The van der Waals surface area contributed by atoms with Crippen molar-refractivity contribution in [3.8, 4) is 0 Å². The summed E-state index contributed by atoms with van der Waals surface area (Å²) < 4.78 is 5.46. The van der Waals surface area contributed by atoms with Gasteiger partial charge in [0.1, 0.15) is 5.76 Å². The third-order valence-electron chi connectivity index (χ3n) is 4.36. The van der Waals surface area contributed by atoms with Crippen molar-refractivity contribution >= 4 is 0 Å². The Balaban J connectivity index is 1.76. The van der Waals surface area contributed by atoms with E-state index < -0.39 is 0 Å². The van der Waals surface area contributed by atoms with Crippen molar-refractivity contribution in [2.75, 3.05) is 19.6 Å². The molecule has 0 saturated carbocycles. The summed E-state index contributed by atoms with van der Waals surface area (Å²) in [6, 6.07) is 4.87. The van der Waals surface area contributed by atoms with Crippen LogP contribution >= 0.6 is 0 Å². The van der Waals surface area contributed by atoms with Gasteiger partial charge in [-0.1, -0.05) is 6.92 Å². The van der Waals surface area contributed by atoms with E-state index in [-0.39, 0.29) is 0 Å². The minimum Gasteiger partial charge on any atom is -0.468 e. The third-order valence-corrected chi connectivity index (χ3v) is 4.36. The Morgan fingerprint density at radius 3 is 2.68 bits per heavy atom. The van der Waals surface area contributed by atoms with Crippen LogP contribution in [0.4, 0.5) is 0 Å². The average molecular weight is 264 g/mol. The van der Waals surface area contributed by atoms with Gasteiger partial charge in [0.2, 0.25) is 0 Å². The molecule has 2 atom stereocenters. The van der Waals surface area contributed by atoms with Gasteiger partial charge in [-0.05, 0) is 70.8 Å². The van der Waals surface area contributed by atoms with E-state index in [1.54, 1.807) is 6.26 Å². The summed E-state index contributed by atoms with van der Waals surface area (Å²) in [7, 11) is 0. The predicted molar refractivity (Wildman–Crippen MR) is 79.2 cm³/mol. The van der Waals surface area contributed by atoms with Crippen molar-refractivity contribution in [1.29, 1.82) is 0 Å². The molecule has 3 nitrogen and oxygen atoms in total. The normalized spacial score (nSPS) is 21.4. The molecule has 1 aliphatic heterocycles. The van der Waals surface area contributed by atoms with Crippen LogP contribution < -0.4 is 5.32 Å². The van der Waals surface area contributed by atoms with Gasteiger partial charge in [0.25, 0.3) is 0 Å². The number of hydrogen-bond acceptors (Lipinski definition) is 3. The summed E-state index contributed by atoms with van der Waals surface area (Å²) >= 11 is 0. The Hall–Kier alpha value is -0.800. The average Bonchev–Trinajstić information content (AvgIpc) is 2.94. The molecule has 0 spiro atoms. The van der Waals surface area contributed by atoms with Crippen LogP contribution in [0.5, 0.6) is 0 Å². The van der Waals surface area contributed by atoms with Gasteiger partial charge in [-0.3, -0.25) is 0 Å². The second-order valence-corrected chi connectivity index (χ2v) is 5.87. The number of hydrogen-bond donors (Lipinski definition) is 1. The van der Waals surface area contributed by atoms with Crippen molar-refractivity contribution in [3.05, 3.63) is 24.2 Å². The summed E-state index contributed by atoms with van der Waals surface area (Å²) in [5, 5.41) is 3.69. The topological polar surface area (TPSA) is 28.4 Å². The summed E-state index contributed by atoms with van der Waals surface area (Å²) in [6.45, 7) is 10.6. The lowest BCUT2D eigenvalue weighted by atomic mass is 9.90. The molecule has 19 heavy (non-hydrogen) atoms. The van der Waals surface area contributed by atoms with Gasteiger partial charge >= 0.3 is 0 Å². The largest absolute Gasteiger partial charge is 0.468 e. The molecule has 1 N–H and O–H groups in total. The zero-order chi connectivity index (χ0) is 13.7. The molecular weight excluding hydrogens is 236 g/mol. The van der Waals surface area contributed by atoms with Gasteiger partial charge in [0, 0.05) is 6.04 Å². The van der Waals surface area contributed by atoms with E-state index in [9.17, 15) is 0 Å². The Kier molecular flexibility index (Phi) is 5.46. The standard InChI is InChI=1S/C16H28N2O/c1-4-9-18-10-7-15(8-11-18)13(2)17-14(3)16-6-5-12-19-16/h5-6,12-15,17H,4,7-11H2,1-3H3/t13?,14-/m1/s1. The van der Waals surface area contributed by atoms with Crippen LogP contribution in [0.15, 0.2) is 22.8 Å². The molecule has 2 heterocycles. The van der Waals surface area contributed by atoms with Crippen molar-refractivity contribution in [2.45, 2.75) is 52.1 Å². The SMILES string of the molecule is CCCN1CCC(C(C)N[C@H](C)c2ccco2)CC1. The molecule has 1 aromatic rings. The second-order valence-electron chi connectivity index (χ2n) is 5.87. The van der Waals surface area contributed by atoms with Gasteiger partial charge in [0.15, 0.2) is 0 Å². The Morgan fingerprint density at radius 2 is 2.11 bits per heavy atom. The molecule has 0 bridgehead atoms. The molecule has 1 fully saturated rings. The van der Waals surface area contributed by atoms with Crippen LogP contribution in [-0.4, -0.2) is 30.6 Å². The highest BCUT2D eigenvalue weighted by molar-refractivity contribution is 5.03. The fourth-order valence-corrected chi connectivity index (χ4v) is 3.14. The monoisotopic (exact) mass is 264 g/mol. The Bertz CT molecular complexity index is 342. The minimum absolute atomic E-state index is 0.304. The summed E-state index contributed by atoms with van der Waals surface area (Å²) in [6.07, 6.45) is 5.66. The number of likely N-dealkylation sites (tertiary alicyclic amines) is 1. The Morgan fingerprint density at radius 1 is 1.37 bits per heavy atom. The van der Waals surface area contributed by atoms with Crippen LogP contribution in [-0.2, 0) is 0 Å². The first kappa shape index (κ1) is 14.6. The minimum atomic E-state index is 0.304. The van der Waals surface area contributed by atoms with Gasteiger partial charge in [-0.15, -0.1) is 0 Å². The van der Waals surface area contributed by atoms with Crippen LogP contribution in [0, 0.1) is 5.92 Å². The fraction of sp³-hybridized carbons (Fsp3) is 0.750. The number of furan rings is 1. The van der Waals surface area contributed by atoms with Crippen molar-refractivity contribution in [3.63, 3.8) is 0 Å². The number of rotatable bonds is 6. The van der Waals surface area contributed by atoms with E-state index in [0.29, 0.717) is 12.1 Å². The third kappa shape index (κ3) is 4.08. The molecule has 1 unspecified atom stereocenters. The van der Waals surface area contributed by atoms with E-state index >= 15 is 0 Å². The van der Waals surface area contributed by atoms with Crippen molar-refractivity contribution in [2.24, 2.45) is 5.92 Å². The van der Waals surface area contributed by atoms with E-state index in [1.165, 1.54) is 38.9 Å². The lowest BCUT2D eigenvalue weighted by Crippen LogP contribution is -2.42. The van der Waals surface area contributed by atoms with Crippen LogP contribution in [0.2, 0.25) is 0 Å². The molecule has 0 radical (unpaired) electrons. The molecule has 0 aliphatic carbocycles. The van der Waals surface area contributed by atoms with E-state index in [2.05, 4.69) is 31.0 Å². The molecule has 3 heteroatoms. The van der Waals surface area contributed by atoms with Gasteiger partial charge in [-0.2, -0.15) is 0 Å². The van der Waals surface area contributed by atoms with E-state index in [1.807, 2.05) is 12.1 Å². The molecule has 0 aromatic carbocycles. The maximum absolute atomic E-state index is 5.46. The molecule has 2 rings (SSSR count). The van der Waals surface area contributed by atoms with Crippen molar-refractivity contribution < 1.29 is 4.42 Å². The smallest absolute Gasteiger partial charge is 0.120 e. The van der Waals surface area contributed by atoms with Crippen molar-refractivity contribution in [1.82, 2.24) is 10.2 Å². The maximum atomic E-state index is 5.46. The van der Waals surface area contributed by atoms with Gasteiger partial charge in [0.05, 0.1) is 12.3 Å². The first-order valence-electron chi connectivity index (χ1n) is 7.72. The highest BCUT2D eigenvalue weighted by Crippen LogP contribution is 2.23. The van der Waals surface area contributed by atoms with E-state index in [4.69, 9.17) is 4.42 Å². The fourth-order valence-electron chi connectivity index (χ4n) is 3.14. The Labute approximate surface area is 117 Å². The molecular formula is C16H28N2O.